The number of rotatable bonds is 4. The first-order valence-corrected chi connectivity index (χ1v) is 19.4. The van der Waals surface area contributed by atoms with Gasteiger partial charge in [-0.15, -0.1) is 11.1 Å². The highest BCUT2D eigenvalue weighted by atomic mass is 28.3. The standard InChI is InChI=1S/C31H30FN3O2Si2/c1-38(2,3)17-15-22-7-11-25(12-8-22)34-31(37)27-19-23(16-18-39(4,5)6)10-14-29(27)35-30(36)26-13-9-24(21-33)20-28(26)32/h7-14,19-20H,1-6H3,(H,34,37)(H,35,36). The van der Waals surface area contributed by atoms with Crippen LogP contribution in [0.2, 0.25) is 39.3 Å². The monoisotopic (exact) mass is 551 g/mol. The van der Waals surface area contributed by atoms with Gasteiger partial charge in [0.2, 0.25) is 0 Å². The first-order chi connectivity index (χ1) is 18.2. The number of anilines is 2. The Balaban J connectivity index is 1.93. The van der Waals surface area contributed by atoms with E-state index in [0.29, 0.717) is 11.3 Å². The van der Waals surface area contributed by atoms with Crippen LogP contribution in [-0.2, 0) is 0 Å². The van der Waals surface area contributed by atoms with Gasteiger partial charge < -0.3 is 10.6 Å². The maximum atomic E-state index is 14.5. The van der Waals surface area contributed by atoms with E-state index in [1.807, 2.05) is 18.2 Å². The fourth-order valence-corrected chi connectivity index (χ4v) is 4.27. The third-order valence-corrected chi connectivity index (χ3v) is 6.91. The number of amides is 2. The minimum atomic E-state index is -1.67. The summed E-state index contributed by atoms with van der Waals surface area (Å²) in [4.78, 5) is 26.2. The van der Waals surface area contributed by atoms with Crippen molar-refractivity contribution in [1.82, 2.24) is 0 Å². The number of halogens is 1. The lowest BCUT2D eigenvalue weighted by Gasteiger charge is -2.13. The highest BCUT2D eigenvalue weighted by Gasteiger charge is 2.18. The molecule has 0 spiro atoms. The molecule has 39 heavy (non-hydrogen) atoms. The lowest BCUT2D eigenvalue weighted by Crippen LogP contribution is -2.19. The minimum Gasteiger partial charge on any atom is -0.322 e. The van der Waals surface area contributed by atoms with Gasteiger partial charge in [-0.3, -0.25) is 9.59 Å². The van der Waals surface area contributed by atoms with Gasteiger partial charge in [-0.1, -0.05) is 51.1 Å². The minimum absolute atomic E-state index is 0.104. The zero-order valence-corrected chi connectivity index (χ0v) is 24.9. The molecule has 5 nitrogen and oxygen atoms in total. The predicted octanol–water partition coefficient (Wildman–Crippen LogP) is 6.66. The van der Waals surface area contributed by atoms with E-state index in [2.05, 4.69) is 72.8 Å². The van der Waals surface area contributed by atoms with Crippen molar-refractivity contribution in [3.8, 4) is 29.0 Å². The number of hydrogen-bond acceptors (Lipinski definition) is 3. The molecule has 0 atom stereocenters. The number of nitrogens with zero attached hydrogens (tertiary/aromatic N) is 1. The van der Waals surface area contributed by atoms with E-state index < -0.39 is 33.8 Å². The Kier molecular flexibility index (Phi) is 8.94. The molecule has 0 saturated carbocycles. The van der Waals surface area contributed by atoms with Crippen molar-refractivity contribution in [3.05, 3.63) is 94.3 Å². The highest BCUT2D eigenvalue weighted by molar-refractivity contribution is 6.84. The molecule has 3 aromatic rings. The lowest BCUT2D eigenvalue weighted by molar-refractivity contribution is 0.102. The van der Waals surface area contributed by atoms with Crippen molar-refractivity contribution in [2.75, 3.05) is 10.6 Å². The second-order valence-electron chi connectivity index (χ2n) is 11.1. The van der Waals surface area contributed by atoms with Crippen LogP contribution in [0.4, 0.5) is 15.8 Å². The number of benzene rings is 3. The van der Waals surface area contributed by atoms with Crippen molar-refractivity contribution in [2.45, 2.75) is 39.3 Å². The second kappa shape index (κ2) is 12.0. The van der Waals surface area contributed by atoms with Crippen molar-refractivity contribution in [2.24, 2.45) is 0 Å². The third kappa shape index (κ3) is 8.83. The van der Waals surface area contributed by atoms with E-state index in [0.717, 1.165) is 11.6 Å². The molecule has 8 heteroatoms. The van der Waals surface area contributed by atoms with Crippen LogP contribution in [0.3, 0.4) is 0 Å². The summed E-state index contributed by atoms with van der Waals surface area (Å²) in [6.45, 7) is 12.9. The van der Waals surface area contributed by atoms with Gasteiger partial charge in [-0.25, -0.2) is 4.39 Å². The Morgan fingerprint density at radius 2 is 1.23 bits per heavy atom. The Labute approximate surface area is 231 Å². The van der Waals surface area contributed by atoms with Crippen LogP contribution >= 0.6 is 0 Å². The van der Waals surface area contributed by atoms with Gasteiger partial charge in [0.25, 0.3) is 11.8 Å². The molecular formula is C31H30FN3O2Si2. The van der Waals surface area contributed by atoms with Gasteiger partial charge in [0.05, 0.1) is 28.4 Å². The number of nitrogens with one attached hydrogen (secondary N) is 2. The maximum absolute atomic E-state index is 14.5. The average molecular weight is 552 g/mol. The van der Waals surface area contributed by atoms with Crippen LogP contribution in [-0.4, -0.2) is 28.0 Å². The van der Waals surface area contributed by atoms with Gasteiger partial charge in [-0.2, -0.15) is 5.26 Å². The number of carbonyl (C=O) groups is 2. The van der Waals surface area contributed by atoms with Crippen molar-refractivity contribution >= 4 is 39.3 Å². The first kappa shape index (κ1) is 29.1. The summed E-state index contributed by atoms with van der Waals surface area (Å²) in [6, 6.07) is 17.6. The van der Waals surface area contributed by atoms with E-state index in [-0.39, 0.29) is 22.4 Å². The van der Waals surface area contributed by atoms with Gasteiger partial charge in [0, 0.05) is 16.8 Å². The van der Waals surface area contributed by atoms with Crippen LogP contribution in [0.5, 0.6) is 0 Å². The molecule has 0 fully saturated rings. The zero-order valence-electron chi connectivity index (χ0n) is 22.9. The Morgan fingerprint density at radius 3 is 1.79 bits per heavy atom. The number of hydrogen-bond donors (Lipinski definition) is 2. The van der Waals surface area contributed by atoms with Gasteiger partial charge in [-0.05, 0) is 60.7 Å². The van der Waals surface area contributed by atoms with Crippen LogP contribution in [0.15, 0.2) is 60.7 Å². The van der Waals surface area contributed by atoms with E-state index in [4.69, 9.17) is 5.26 Å². The van der Waals surface area contributed by atoms with Crippen molar-refractivity contribution in [3.63, 3.8) is 0 Å². The summed E-state index contributed by atoms with van der Waals surface area (Å²) in [5.74, 6) is 4.29. The molecule has 196 valence electrons. The zero-order chi connectivity index (χ0) is 28.8. The molecule has 0 aliphatic heterocycles. The quantitative estimate of drug-likeness (QED) is 0.281. The molecule has 3 aromatic carbocycles. The largest absolute Gasteiger partial charge is 0.322 e. The fourth-order valence-electron chi connectivity index (χ4n) is 3.23. The Hall–Kier alpha value is -4.43. The SMILES string of the molecule is C[Si](C)(C)C#Cc1ccc(NC(=O)c2cc(C#C[Si](C)(C)C)ccc2NC(=O)c2ccc(C#N)cc2F)cc1. The predicted molar refractivity (Wildman–Crippen MR) is 160 cm³/mol. The number of carbonyl (C=O) groups excluding carboxylic acids is 2. The highest BCUT2D eigenvalue weighted by Crippen LogP contribution is 2.22. The molecule has 0 unspecified atom stereocenters. The topological polar surface area (TPSA) is 82.0 Å². The van der Waals surface area contributed by atoms with Crippen molar-refractivity contribution < 1.29 is 14.0 Å². The van der Waals surface area contributed by atoms with Crippen LogP contribution < -0.4 is 10.6 Å². The maximum Gasteiger partial charge on any atom is 0.258 e. The summed E-state index contributed by atoms with van der Waals surface area (Å²) in [6.07, 6.45) is 0. The average Bonchev–Trinajstić information content (AvgIpc) is 2.86. The molecule has 0 heterocycles. The van der Waals surface area contributed by atoms with E-state index >= 15 is 0 Å². The summed E-state index contributed by atoms with van der Waals surface area (Å²) in [7, 11) is -3.19. The molecule has 0 aliphatic rings. The third-order valence-electron chi connectivity index (χ3n) is 5.16. The van der Waals surface area contributed by atoms with Crippen molar-refractivity contribution in [1.29, 1.82) is 5.26 Å². The molecule has 0 aromatic heterocycles. The summed E-state index contributed by atoms with van der Waals surface area (Å²) in [5.41, 5.74) is 8.88. The molecule has 0 aliphatic carbocycles. The van der Waals surface area contributed by atoms with Gasteiger partial charge in [0.15, 0.2) is 0 Å². The van der Waals surface area contributed by atoms with E-state index in [1.165, 1.54) is 12.1 Å². The fraction of sp³-hybridized carbons (Fsp3) is 0.194. The van der Waals surface area contributed by atoms with Gasteiger partial charge >= 0.3 is 0 Å². The Morgan fingerprint density at radius 1 is 0.692 bits per heavy atom. The molecule has 0 saturated heterocycles. The summed E-state index contributed by atoms with van der Waals surface area (Å²) >= 11 is 0. The summed E-state index contributed by atoms with van der Waals surface area (Å²) in [5, 5.41) is 14.5. The van der Waals surface area contributed by atoms with E-state index in [9.17, 15) is 14.0 Å². The summed E-state index contributed by atoms with van der Waals surface area (Å²) < 4.78 is 14.5. The first-order valence-electron chi connectivity index (χ1n) is 12.4. The van der Waals surface area contributed by atoms with Crippen LogP contribution in [0.25, 0.3) is 0 Å². The molecule has 0 bridgehead atoms. The molecule has 0 radical (unpaired) electrons. The smallest absolute Gasteiger partial charge is 0.258 e. The molecule has 2 N–H and O–H groups in total. The van der Waals surface area contributed by atoms with Crippen LogP contribution in [0, 0.1) is 40.1 Å². The molecule has 3 rings (SSSR count). The van der Waals surface area contributed by atoms with Crippen LogP contribution in [0.1, 0.15) is 37.4 Å². The second-order valence-corrected chi connectivity index (χ2v) is 20.6. The Bertz CT molecular complexity index is 1590. The molecular weight excluding hydrogens is 522 g/mol. The number of nitriles is 1. The van der Waals surface area contributed by atoms with E-state index in [1.54, 1.807) is 30.3 Å². The molecule has 2 amide bonds. The normalized spacial score (nSPS) is 10.7. The van der Waals surface area contributed by atoms with Gasteiger partial charge in [0.1, 0.15) is 22.0 Å². The lowest BCUT2D eigenvalue weighted by atomic mass is 10.1.